The van der Waals surface area contributed by atoms with Crippen LogP contribution >= 0.6 is 0 Å². The van der Waals surface area contributed by atoms with E-state index in [4.69, 9.17) is 0 Å². The summed E-state index contributed by atoms with van der Waals surface area (Å²) in [5.74, 6) is 0. The number of nitrogens with zero attached hydrogens (tertiary/aromatic N) is 2. The van der Waals surface area contributed by atoms with Crippen LogP contribution in [0.2, 0.25) is 0 Å². The molecule has 0 unspecified atom stereocenters. The van der Waals surface area contributed by atoms with Gasteiger partial charge < -0.3 is 0 Å². The second-order valence-electron chi connectivity index (χ2n) is 3.05. The van der Waals surface area contributed by atoms with E-state index < -0.39 is 0 Å². The van der Waals surface area contributed by atoms with Gasteiger partial charge in [0, 0.05) is 11.8 Å². The van der Waals surface area contributed by atoms with Gasteiger partial charge >= 0.3 is 0 Å². The molecule has 0 saturated carbocycles. The first kappa shape index (κ1) is 8.97. The fourth-order valence-electron chi connectivity index (χ4n) is 1.10. The van der Waals surface area contributed by atoms with Crippen molar-refractivity contribution in [3.05, 3.63) is 28.2 Å². The van der Waals surface area contributed by atoms with Crippen molar-refractivity contribution < 1.29 is 0 Å². The predicted molar refractivity (Wildman–Crippen MR) is 48.3 cm³/mol. The van der Waals surface area contributed by atoms with Crippen molar-refractivity contribution in [1.29, 1.82) is 0 Å². The Bertz CT molecular complexity index is 315. The summed E-state index contributed by atoms with van der Waals surface area (Å²) in [4.78, 5) is 11.5. The van der Waals surface area contributed by atoms with Crippen molar-refractivity contribution in [2.24, 2.45) is 0 Å². The highest BCUT2D eigenvalue weighted by atomic mass is 16.1. The minimum absolute atomic E-state index is 0.0370. The molecule has 0 amide bonds. The molecule has 0 aromatic carbocycles. The number of aryl methyl sites for hydroxylation is 1. The zero-order chi connectivity index (χ0) is 9.14. The Labute approximate surface area is 72.0 Å². The van der Waals surface area contributed by atoms with Crippen molar-refractivity contribution in [1.82, 2.24) is 9.78 Å². The molecule has 0 N–H and O–H groups in total. The Hall–Kier alpha value is -1.12. The molecule has 0 saturated heterocycles. The average molecular weight is 166 g/mol. The van der Waals surface area contributed by atoms with Crippen LogP contribution in [0.15, 0.2) is 17.1 Å². The quantitative estimate of drug-likeness (QED) is 0.665. The van der Waals surface area contributed by atoms with Crippen molar-refractivity contribution in [3.63, 3.8) is 0 Å². The van der Waals surface area contributed by atoms with Crippen LogP contribution in [0, 0.1) is 0 Å². The highest BCUT2D eigenvalue weighted by Crippen LogP contribution is 1.97. The Morgan fingerprint density at radius 1 is 1.58 bits per heavy atom. The summed E-state index contributed by atoms with van der Waals surface area (Å²) in [6.07, 6.45) is 2.45. The zero-order valence-electron chi connectivity index (χ0n) is 7.74. The van der Waals surface area contributed by atoms with Gasteiger partial charge in [0.1, 0.15) is 0 Å². The zero-order valence-corrected chi connectivity index (χ0v) is 7.74. The number of hydrogen-bond acceptors (Lipinski definition) is 2. The first-order chi connectivity index (χ1) is 5.66. The molecule has 1 aromatic heterocycles. The van der Waals surface area contributed by atoms with Crippen LogP contribution < -0.4 is 5.56 Å². The summed E-state index contributed by atoms with van der Waals surface area (Å²) < 4.78 is 1.51. The normalized spacial score (nSPS) is 10.7. The molecule has 66 valence electrons. The van der Waals surface area contributed by atoms with Crippen LogP contribution in [0.1, 0.15) is 32.4 Å². The summed E-state index contributed by atoms with van der Waals surface area (Å²) in [7, 11) is 0. The lowest BCUT2D eigenvalue weighted by atomic mass is 10.2. The molecular formula is C9H14N2O. The third kappa shape index (κ3) is 1.55. The van der Waals surface area contributed by atoms with Crippen LogP contribution in [0.4, 0.5) is 0 Å². The lowest BCUT2D eigenvalue weighted by molar-refractivity contribution is 0.498. The second kappa shape index (κ2) is 3.52. The lowest BCUT2D eigenvalue weighted by Crippen LogP contribution is -2.26. The van der Waals surface area contributed by atoms with Crippen molar-refractivity contribution in [2.75, 3.05) is 0 Å². The predicted octanol–water partition coefficient (Wildman–Crippen LogP) is 1.39. The molecule has 1 heterocycles. The standard InChI is InChI=1S/C9H14N2O/c1-4-8-5-6-10-11(7(2)3)9(8)12/h5-7H,4H2,1-3H3. The van der Waals surface area contributed by atoms with Gasteiger partial charge in [-0.15, -0.1) is 0 Å². The van der Waals surface area contributed by atoms with E-state index in [0.717, 1.165) is 12.0 Å². The Balaban J connectivity index is 3.24. The maximum absolute atomic E-state index is 11.5. The van der Waals surface area contributed by atoms with Gasteiger partial charge in [0.05, 0.1) is 6.04 Å². The maximum Gasteiger partial charge on any atom is 0.270 e. The first-order valence-corrected chi connectivity index (χ1v) is 4.23. The number of hydrogen-bond donors (Lipinski definition) is 0. The first-order valence-electron chi connectivity index (χ1n) is 4.23. The van der Waals surface area contributed by atoms with Crippen molar-refractivity contribution in [2.45, 2.75) is 33.2 Å². The number of rotatable bonds is 2. The smallest absolute Gasteiger partial charge is 0.267 e. The van der Waals surface area contributed by atoms with E-state index in [0.29, 0.717) is 0 Å². The minimum atomic E-state index is 0.0370. The van der Waals surface area contributed by atoms with E-state index in [1.807, 2.05) is 20.8 Å². The highest BCUT2D eigenvalue weighted by Gasteiger charge is 2.04. The summed E-state index contributed by atoms with van der Waals surface area (Å²) in [6, 6.07) is 1.92. The molecule has 3 heteroatoms. The van der Waals surface area contributed by atoms with Gasteiger partial charge in [0.15, 0.2) is 0 Å². The fraction of sp³-hybridized carbons (Fsp3) is 0.556. The van der Waals surface area contributed by atoms with E-state index in [1.165, 1.54) is 4.68 Å². The SMILES string of the molecule is CCc1ccnn(C(C)C)c1=O. The van der Waals surface area contributed by atoms with E-state index in [1.54, 1.807) is 12.3 Å². The van der Waals surface area contributed by atoms with Crippen LogP contribution in [-0.2, 0) is 6.42 Å². The van der Waals surface area contributed by atoms with Gasteiger partial charge in [0.2, 0.25) is 0 Å². The molecule has 1 rings (SSSR count). The van der Waals surface area contributed by atoms with Crippen molar-refractivity contribution >= 4 is 0 Å². The molecule has 12 heavy (non-hydrogen) atoms. The van der Waals surface area contributed by atoms with E-state index >= 15 is 0 Å². The molecule has 0 atom stereocenters. The maximum atomic E-state index is 11.5. The Morgan fingerprint density at radius 3 is 2.75 bits per heavy atom. The molecule has 0 radical (unpaired) electrons. The summed E-state index contributed by atoms with van der Waals surface area (Å²) >= 11 is 0. The second-order valence-corrected chi connectivity index (χ2v) is 3.05. The monoisotopic (exact) mass is 166 g/mol. The van der Waals surface area contributed by atoms with Crippen molar-refractivity contribution in [3.8, 4) is 0 Å². The molecule has 0 bridgehead atoms. The molecular weight excluding hydrogens is 152 g/mol. The highest BCUT2D eigenvalue weighted by molar-refractivity contribution is 5.06. The molecule has 1 aromatic rings. The fourth-order valence-corrected chi connectivity index (χ4v) is 1.10. The third-order valence-electron chi connectivity index (χ3n) is 1.82. The Morgan fingerprint density at radius 2 is 2.25 bits per heavy atom. The Kier molecular flexibility index (Phi) is 2.63. The average Bonchev–Trinajstić information content (AvgIpc) is 2.04. The molecule has 3 nitrogen and oxygen atoms in total. The molecule has 0 aliphatic heterocycles. The van der Waals surface area contributed by atoms with Gasteiger partial charge in [-0.05, 0) is 26.3 Å². The molecule has 0 fully saturated rings. The summed E-state index contributed by atoms with van der Waals surface area (Å²) in [5, 5.41) is 3.99. The topological polar surface area (TPSA) is 34.9 Å². The molecule has 0 aliphatic carbocycles. The van der Waals surface area contributed by atoms with Crippen LogP contribution in [0.3, 0.4) is 0 Å². The van der Waals surface area contributed by atoms with Crippen LogP contribution in [0.25, 0.3) is 0 Å². The summed E-state index contributed by atoms with van der Waals surface area (Å²) in [5.41, 5.74) is 0.869. The number of aromatic nitrogens is 2. The van der Waals surface area contributed by atoms with E-state index in [-0.39, 0.29) is 11.6 Å². The van der Waals surface area contributed by atoms with Crippen LogP contribution in [0.5, 0.6) is 0 Å². The summed E-state index contributed by atoms with van der Waals surface area (Å²) in [6.45, 7) is 5.88. The van der Waals surface area contributed by atoms with Crippen LogP contribution in [-0.4, -0.2) is 9.78 Å². The van der Waals surface area contributed by atoms with E-state index in [9.17, 15) is 4.79 Å². The van der Waals surface area contributed by atoms with Gasteiger partial charge in [-0.1, -0.05) is 6.92 Å². The van der Waals surface area contributed by atoms with Gasteiger partial charge in [-0.25, -0.2) is 4.68 Å². The molecule has 0 spiro atoms. The minimum Gasteiger partial charge on any atom is -0.267 e. The van der Waals surface area contributed by atoms with Gasteiger partial charge in [0.25, 0.3) is 5.56 Å². The largest absolute Gasteiger partial charge is 0.270 e. The van der Waals surface area contributed by atoms with Gasteiger partial charge in [-0.2, -0.15) is 5.10 Å². The van der Waals surface area contributed by atoms with E-state index in [2.05, 4.69) is 5.10 Å². The lowest BCUT2D eigenvalue weighted by Gasteiger charge is -2.08. The van der Waals surface area contributed by atoms with Gasteiger partial charge in [-0.3, -0.25) is 4.79 Å². The molecule has 0 aliphatic rings. The third-order valence-corrected chi connectivity index (χ3v) is 1.82.